The molecule has 1 aromatic rings. The van der Waals surface area contributed by atoms with Gasteiger partial charge in [0.15, 0.2) is 0 Å². The van der Waals surface area contributed by atoms with Gasteiger partial charge in [-0.05, 0) is 43.5 Å². The molecule has 1 unspecified atom stereocenters. The molecule has 0 bridgehead atoms. The highest BCUT2D eigenvalue weighted by Gasteiger charge is 2.14. The van der Waals surface area contributed by atoms with E-state index in [4.69, 9.17) is 5.73 Å². The van der Waals surface area contributed by atoms with E-state index in [1.54, 1.807) is 6.07 Å². The number of rotatable bonds is 6. The van der Waals surface area contributed by atoms with Gasteiger partial charge < -0.3 is 16.2 Å². The zero-order chi connectivity index (χ0) is 13.5. The minimum absolute atomic E-state index is 0.0768. The van der Waals surface area contributed by atoms with Crippen molar-refractivity contribution in [1.29, 1.82) is 0 Å². The van der Waals surface area contributed by atoms with Crippen LogP contribution in [0.2, 0.25) is 0 Å². The molecular formula is C14H22N2O2. The van der Waals surface area contributed by atoms with E-state index in [1.807, 2.05) is 26.0 Å². The van der Waals surface area contributed by atoms with Gasteiger partial charge in [0.1, 0.15) is 5.75 Å². The summed E-state index contributed by atoms with van der Waals surface area (Å²) >= 11 is 0. The van der Waals surface area contributed by atoms with Gasteiger partial charge in [-0.15, -0.1) is 0 Å². The second kappa shape index (κ2) is 7.01. The van der Waals surface area contributed by atoms with Crippen molar-refractivity contribution < 1.29 is 9.90 Å². The Kier molecular flexibility index (Phi) is 5.65. The van der Waals surface area contributed by atoms with Gasteiger partial charge in [-0.1, -0.05) is 19.9 Å². The first-order valence-corrected chi connectivity index (χ1v) is 6.41. The minimum Gasteiger partial charge on any atom is -0.506 e. The van der Waals surface area contributed by atoms with Crippen LogP contribution in [0.25, 0.3) is 0 Å². The van der Waals surface area contributed by atoms with Gasteiger partial charge in [0.25, 0.3) is 0 Å². The number of aryl methyl sites for hydroxylation is 1. The number of nitrogens with two attached hydrogens (primary N) is 1. The van der Waals surface area contributed by atoms with Gasteiger partial charge in [-0.2, -0.15) is 0 Å². The molecule has 1 amide bonds. The van der Waals surface area contributed by atoms with E-state index in [-0.39, 0.29) is 17.6 Å². The van der Waals surface area contributed by atoms with Crippen LogP contribution in [0, 0.1) is 5.92 Å². The fourth-order valence-electron chi connectivity index (χ4n) is 1.71. The molecule has 4 heteroatoms. The number of carbonyl (C=O) groups excluding carboxylic acids is 1. The number of phenolic OH excluding ortho intramolecular Hbond substituents is 1. The first-order valence-electron chi connectivity index (χ1n) is 6.41. The van der Waals surface area contributed by atoms with Crippen LogP contribution in [0.3, 0.4) is 0 Å². The van der Waals surface area contributed by atoms with Crippen molar-refractivity contribution in [2.24, 2.45) is 11.7 Å². The second-order valence-electron chi connectivity index (χ2n) is 4.53. The van der Waals surface area contributed by atoms with E-state index in [0.717, 1.165) is 24.8 Å². The Morgan fingerprint density at radius 3 is 2.83 bits per heavy atom. The fraction of sp³-hybridized carbons (Fsp3) is 0.500. The number of hydrogen-bond acceptors (Lipinski definition) is 3. The number of phenols is 1. The summed E-state index contributed by atoms with van der Waals surface area (Å²) in [5, 5.41) is 12.5. The molecule has 1 aromatic carbocycles. The highest BCUT2D eigenvalue weighted by molar-refractivity contribution is 5.93. The Morgan fingerprint density at radius 2 is 2.22 bits per heavy atom. The molecule has 0 spiro atoms. The van der Waals surface area contributed by atoms with E-state index in [0.29, 0.717) is 12.2 Å². The van der Waals surface area contributed by atoms with E-state index in [2.05, 4.69) is 5.32 Å². The zero-order valence-corrected chi connectivity index (χ0v) is 11.1. The highest BCUT2D eigenvalue weighted by atomic mass is 16.3. The Hall–Kier alpha value is -1.55. The van der Waals surface area contributed by atoms with Crippen molar-refractivity contribution in [1.82, 2.24) is 0 Å². The smallest absolute Gasteiger partial charge is 0.227 e. The predicted molar refractivity (Wildman–Crippen MR) is 73.6 cm³/mol. The number of anilines is 1. The van der Waals surface area contributed by atoms with Gasteiger partial charge in [0.2, 0.25) is 5.91 Å². The van der Waals surface area contributed by atoms with Crippen LogP contribution >= 0.6 is 0 Å². The average molecular weight is 250 g/mol. The Balaban J connectivity index is 2.68. The van der Waals surface area contributed by atoms with Crippen LogP contribution < -0.4 is 11.1 Å². The van der Waals surface area contributed by atoms with Crippen molar-refractivity contribution in [3.05, 3.63) is 23.8 Å². The zero-order valence-electron chi connectivity index (χ0n) is 11.1. The Labute approximate surface area is 108 Å². The lowest BCUT2D eigenvalue weighted by Crippen LogP contribution is -2.21. The second-order valence-corrected chi connectivity index (χ2v) is 4.53. The summed E-state index contributed by atoms with van der Waals surface area (Å²) in [6.45, 7) is 4.49. The first-order chi connectivity index (χ1) is 8.58. The average Bonchev–Trinajstić information content (AvgIpc) is 2.38. The van der Waals surface area contributed by atoms with Crippen molar-refractivity contribution in [3.8, 4) is 5.75 Å². The molecule has 4 N–H and O–H groups in total. The minimum atomic E-state index is -0.0989. The van der Waals surface area contributed by atoms with Crippen LogP contribution in [0.4, 0.5) is 5.69 Å². The van der Waals surface area contributed by atoms with E-state index >= 15 is 0 Å². The lowest BCUT2D eigenvalue weighted by molar-refractivity contribution is -0.119. The van der Waals surface area contributed by atoms with Crippen LogP contribution in [0.1, 0.15) is 32.3 Å². The standard InChI is InChI=1S/C14H22N2O2/c1-3-11-6-7-13(17)12(9-11)16-14(18)10(2)5-4-8-15/h6-7,9-10,17H,3-5,8,15H2,1-2H3,(H,16,18). The predicted octanol–water partition coefficient (Wildman–Crippen LogP) is 2.27. The molecule has 18 heavy (non-hydrogen) atoms. The summed E-state index contributed by atoms with van der Waals surface area (Å²) in [4.78, 5) is 11.9. The normalized spacial score (nSPS) is 12.2. The molecule has 1 atom stereocenters. The van der Waals surface area contributed by atoms with Gasteiger partial charge >= 0.3 is 0 Å². The largest absolute Gasteiger partial charge is 0.506 e. The first kappa shape index (κ1) is 14.5. The topological polar surface area (TPSA) is 75.3 Å². The highest BCUT2D eigenvalue weighted by Crippen LogP contribution is 2.25. The molecule has 0 heterocycles. The molecular weight excluding hydrogens is 228 g/mol. The molecule has 1 rings (SSSR count). The quantitative estimate of drug-likeness (QED) is 0.678. The summed E-state index contributed by atoms with van der Waals surface area (Å²) < 4.78 is 0. The molecule has 4 nitrogen and oxygen atoms in total. The maximum absolute atomic E-state index is 11.9. The number of benzene rings is 1. The lowest BCUT2D eigenvalue weighted by Gasteiger charge is -2.13. The maximum atomic E-state index is 11.9. The van der Waals surface area contributed by atoms with Crippen LogP contribution in [0.15, 0.2) is 18.2 Å². The summed E-state index contributed by atoms with van der Waals surface area (Å²) in [5.41, 5.74) is 6.99. The van der Waals surface area contributed by atoms with E-state index in [1.165, 1.54) is 0 Å². The molecule has 0 aromatic heterocycles. The molecule has 0 radical (unpaired) electrons. The number of amides is 1. The number of hydrogen-bond donors (Lipinski definition) is 3. The number of carbonyl (C=O) groups is 1. The summed E-state index contributed by atoms with van der Waals surface area (Å²) in [7, 11) is 0. The van der Waals surface area contributed by atoms with Crippen molar-refractivity contribution in [3.63, 3.8) is 0 Å². The Bertz CT molecular complexity index is 405. The molecule has 0 aliphatic heterocycles. The third kappa shape index (κ3) is 4.04. The van der Waals surface area contributed by atoms with E-state index in [9.17, 15) is 9.90 Å². The van der Waals surface area contributed by atoms with Gasteiger partial charge in [-0.3, -0.25) is 4.79 Å². The summed E-state index contributed by atoms with van der Waals surface area (Å²) in [6, 6.07) is 5.27. The molecule has 0 aliphatic rings. The molecule has 0 saturated carbocycles. The molecule has 100 valence electrons. The van der Waals surface area contributed by atoms with Crippen LogP contribution in [-0.2, 0) is 11.2 Å². The SMILES string of the molecule is CCc1ccc(O)c(NC(=O)C(C)CCCN)c1. The summed E-state index contributed by atoms with van der Waals surface area (Å²) in [5.74, 6) is -0.0724. The molecule has 0 fully saturated rings. The molecule has 0 aliphatic carbocycles. The third-order valence-corrected chi connectivity index (χ3v) is 3.02. The van der Waals surface area contributed by atoms with Gasteiger partial charge in [-0.25, -0.2) is 0 Å². The van der Waals surface area contributed by atoms with Gasteiger partial charge in [0, 0.05) is 5.92 Å². The summed E-state index contributed by atoms with van der Waals surface area (Å²) in [6.07, 6.45) is 2.46. The third-order valence-electron chi connectivity index (χ3n) is 3.02. The monoisotopic (exact) mass is 250 g/mol. The lowest BCUT2D eigenvalue weighted by atomic mass is 10.0. The van der Waals surface area contributed by atoms with Crippen molar-refractivity contribution in [2.45, 2.75) is 33.1 Å². The fourth-order valence-corrected chi connectivity index (χ4v) is 1.71. The van der Waals surface area contributed by atoms with Crippen LogP contribution in [0.5, 0.6) is 5.75 Å². The maximum Gasteiger partial charge on any atom is 0.227 e. The Morgan fingerprint density at radius 1 is 1.50 bits per heavy atom. The van der Waals surface area contributed by atoms with Crippen molar-refractivity contribution in [2.75, 3.05) is 11.9 Å². The van der Waals surface area contributed by atoms with E-state index < -0.39 is 0 Å². The molecule has 0 saturated heterocycles. The number of aromatic hydroxyl groups is 1. The van der Waals surface area contributed by atoms with Crippen LogP contribution in [-0.4, -0.2) is 17.6 Å². The van der Waals surface area contributed by atoms with Crippen molar-refractivity contribution >= 4 is 11.6 Å². The van der Waals surface area contributed by atoms with Gasteiger partial charge in [0.05, 0.1) is 5.69 Å². The number of nitrogens with one attached hydrogen (secondary N) is 1.